The molecule has 0 radical (unpaired) electrons. The van der Waals surface area contributed by atoms with Gasteiger partial charge in [-0.25, -0.2) is 15.0 Å². The van der Waals surface area contributed by atoms with E-state index in [9.17, 15) is 4.79 Å². The largest absolute Gasteiger partial charge is 0.354 e. The van der Waals surface area contributed by atoms with Gasteiger partial charge in [-0.3, -0.25) is 4.79 Å². The lowest BCUT2D eigenvalue weighted by Gasteiger charge is -2.33. The van der Waals surface area contributed by atoms with Crippen molar-refractivity contribution in [3.8, 4) is 0 Å². The van der Waals surface area contributed by atoms with Crippen LogP contribution in [0.5, 0.6) is 0 Å². The predicted octanol–water partition coefficient (Wildman–Crippen LogP) is 4.48. The van der Waals surface area contributed by atoms with E-state index in [0.717, 1.165) is 70.9 Å². The van der Waals surface area contributed by atoms with Crippen molar-refractivity contribution in [2.75, 3.05) is 23.3 Å². The van der Waals surface area contributed by atoms with Crippen LogP contribution in [0.2, 0.25) is 0 Å². The number of hydrogen-bond donors (Lipinski definition) is 1. The van der Waals surface area contributed by atoms with Crippen LogP contribution in [-0.4, -0.2) is 38.5 Å². The Balaban J connectivity index is 1.38. The van der Waals surface area contributed by atoms with Crippen molar-refractivity contribution < 1.29 is 4.79 Å². The first-order chi connectivity index (χ1) is 15.1. The van der Waals surface area contributed by atoms with Gasteiger partial charge in [-0.2, -0.15) is 0 Å². The molecule has 1 atom stereocenters. The second kappa shape index (κ2) is 8.57. The number of benzene rings is 1. The molecular formula is C23H27BrN6O. The van der Waals surface area contributed by atoms with Crippen LogP contribution in [-0.2, 0) is 17.8 Å². The fourth-order valence-electron chi connectivity index (χ4n) is 4.74. The van der Waals surface area contributed by atoms with Gasteiger partial charge in [0.15, 0.2) is 17.0 Å². The van der Waals surface area contributed by atoms with Gasteiger partial charge >= 0.3 is 0 Å². The number of carbonyl (C=O) groups excluding carboxylic acids is 1. The molecule has 0 saturated carbocycles. The molecule has 0 aliphatic carbocycles. The van der Waals surface area contributed by atoms with Crippen LogP contribution < -0.4 is 10.2 Å². The van der Waals surface area contributed by atoms with E-state index in [1.54, 1.807) is 6.33 Å². The second-order valence-electron chi connectivity index (χ2n) is 8.59. The van der Waals surface area contributed by atoms with E-state index < -0.39 is 0 Å². The number of nitrogens with one attached hydrogen (secondary N) is 1. The fraction of sp³-hybridized carbons (Fsp3) is 0.478. The first-order valence-electron chi connectivity index (χ1n) is 11.1. The number of aromatic nitrogens is 4. The number of imidazole rings is 1. The van der Waals surface area contributed by atoms with Gasteiger partial charge in [-0.1, -0.05) is 22.4 Å². The summed E-state index contributed by atoms with van der Waals surface area (Å²) in [5.41, 5.74) is 3.73. The van der Waals surface area contributed by atoms with Crippen LogP contribution in [0.4, 0.5) is 11.5 Å². The highest BCUT2D eigenvalue weighted by atomic mass is 79.9. The SMILES string of the molecule is Cc1cc(Br)ccc1NC(=O)[C@H]1CCCN(c2ncnc3c2nc2n3CCCCC2)C1. The van der Waals surface area contributed by atoms with Crippen LogP contribution in [0.3, 0.4) is 0 Å². The van der Waals surface area contributed by atoms with E-state index in [2.05, 4.69) is 40.7 Å². The molecule has 1 aromatic carbocycles. The number of anilines is 2. The maximum Gasteiger partial charge on any atom is 0.229 e. The Morgan fingerprint density at radius 1 is 1.16 bits per heavy atom. The quantitative estimate of drug-likeness (QED) is 0.595. The second-order valence-corrected chi connectivity index (χ2v) is 9.51. The molecule has 2 aromatic heterocycles. The molecule has 1 saturated heterocycles. The van der Waals surface area contributed by atoms with Gasteiger partial charge in [0.2, 0.25) is 5.91 Å². The molecule has 4 heterocycles. The standard InChI is InChI=1S/C23H27BrN6O/c1-15-12-17(24)8-9-18(15)27-23(31)16-6-5-10-29(13-16)21-20-22(26-14-25-21)30-11-4-2-3-7-19(30)28-20/h8-9,12,14,16H,2-7,10-11,13H2,1H3,(H,27,31)/t16-/m0/s1. The van der Waals surface area contributed by atoms with Gasteiger partial charge in [-0.15, -0.1) is 0 Å². The van der Waals surface area contributed by atoms with Crippen molar-refractivity contribution in [3.05, 3.63) is 40.4 Å². The van der Waals surface area contributed by atoms with Crippen LogP contribution >= 0.6 is 15.9 Å². The van der Waals surface area contributed by atoms with E-state index in [1.165, 1.54) is 19.3 Å². The van der Waals surface area contributed by atoms with Gasteiger partial charge in [0.05, 0.1) is 5.92 Å². The number of carbonyl (C=O) groups is 1. The third kappa shape index (κ3) is 4.05. The molecule has 2 aliphatic heterocycles. The number of amides is 1. The van der Waals surface area contributed by atoms with Crippen LogP contribution in [0, 0.1) is 12.8 Å². The van der Waals surface area contributed by atoms with Crippen molar-refractivity contribution in [2.45, 2.75) is 52.0 Å². The molecule has 0 spiro atoms. The van der Waals surface area contributed by atoms with Crippen molar-refractivity contribution in [1.82, 2.24) is 19.5 Å². The molecule has 7 nitrogen and oxygen atoms in total. The van der Waals surface area contributed by atoms with Gasteiger partial charge < -0.3 is 14.8 Å². The minimum atomic E-state index is -0.0812. The van der Waals surface area contributed by atoms with Crippen LogP contribution in [0.15, 0.2) is 29.0 Å². The Bertz CT molecular complexity index is 1130. The summed E-state index contributed by atoms with van der Waals surface area (Å²) in [4.78, 5) is 29.4. The molecule has 1 amide bonds. The van der Waals surface area contributed by atoms with Crippen molar-refractivity contribution in [3.63, 3.8) is 0 Å². The van der Waals surface area contributed by atoms with Gasteiger partial charge in [0.25, 0.3) is 0 Å². The first kappa shape index (κ1) is 20.4. The Labute approximate surface area is 190 Å². The summed E-state index contributed by atoms with van der Waals surface area (Å²) in [7, 11) is 0. The smallest absolute Gasteiger partial charge is 0.229 e. The molecule has 8 heteroatoms. The van der Waals surface area contributed by atoms with E-state index in [0.29, 0.717) is 6.54 Å². The summed E-state index contributed by atoms with van der Waals surface area (Å²) >= 11 is 3.48. The Morgan fingerprint density at radius 2 is 2.06 bits per heavy atom. The maximum atomic E-state index is 13.0. The average Bonchev–Trinajstić information content (AvgIpc) is 2.96. The third-order valence-corrected chi connectivity index (χ3v) is 6.91. The van der Waals surface area contributed by atoms with Gasteiger partial charge in [0, 0.05) is 36.2 Å². The minimum absolute atomic E-state index is 0.0704. The summed E-state index contributed by atoms with van der Waals surface area (Å²) in [6.45, 7) is 4.51. The zero-order chi connectivity index (χ0) is 21.4. The predicted molar refractivity (Wildman–Crippen MR) is 125 cm³/mol. The molecule has 1 fully saturated rings. The molecule has 5 rings (SSSR count). The minimum Gasteiger partial charge on any atom is -0.354 e. The van der Waals surface area contributed by atoms with Crippen LogP contribution in [0.25, 0.3) is 11.2 Å². The van der Waals surface area contributed by atoms with Crippen molar-refractivity contribution >= 4 is 44.5 Å². The summed E-state index contributed by atoms with van der Waals surface area (Å²) in [6.07, 6.45) is 8.05. The Hall–Kier alpha value is -2.48. The fourth-order valence-corrected chi connectivity index (χ4v) is 5.22. The molecular weight excluding hydrogens is 456 g/mol. The monoisotopic (exact) mass is 482 g/mol. The summed E-state index contributed by atoms with van der Waals surface area (Å²) in [5, 5.41) is 3.12. The van der Waals surface area contributed by atoms with Crippen LogP contribution in [0.1, 0.15) is 43.5 Å². The molecule has 1 N–H and O–H groups in total. The van der Waals surface area contributed by atoms with Crippen molar-refractivity contribution in [1.29, 1.82) is 0 Å². The highest BCUT2D eigenvalue weighted by Gasteiger charge is 2.29. The number of piperidine rings is 1. The maximum absolute atomic E-state index is 13.0. The van der Waals surface area contributed by atoms with E-state index in [4.69, 9.17) is 4.98 Å². The number of aryl methyl sites for hydroxylation is 3. The number of fused-ring (bicyclic) bond motifs is 3. The first-order valence-corrected chi connectivity index (χ1v) is 11.9. The van der Waals surface area contributed by atoms with E-state index in [-0.39, 0.29) is 11.8 Å². The summed E-state index contributed by atoms with van der Waals surface area (Å²) in [5.74, 6) is 1.97. The number of hydrogen-bond acceptors (Lipinski definition) is 5. The van der Waals surface area contributed by atoms with E-state index in [1.807, 2.05) is 25.1 Å². The average molecular weight is 483 g/mol. The lowest BCUT2D eigenvalue weighted by Crippen LogP contribution is -2.41. The molecule has 0 unspecified atom stereocenters. The lowest BCUT2D eigenvalue weighted by atomic mass is 9.96. The van der Waals surface area contributed by atoms with Crippen molar-refractivity contribution in [2.24, 2.45) is 5.92 Å². The molecule has 0 bridgehead atoms. The topological polar surface area (TPSA) is 75.9 Å². The number of nitrogens with zero attached hydrogens (tertiary/aromatic N) is 5. The number of halogens is 1. The highest BCUT2D eigenvalue weighted by molar-refractivity contribution is 9.10. The Morgan fingerprint density at radius 3 is 2.94 bits per heavy atom. The highest BCUT2D eigenvalue weighted by Crippen LogP contribution is 2.30. The molecule has 162 valence electrons. The van der Waals surface area contributed by atoms with Gasteiger partial charge in [0.1, 0.15) is 12.2 Å². The number of rotatable bonds is 3. The molecule has 3 aromatic rings. The zero-order valence-corrected chi connectivity index (χ0v) is 19.4. The lowest BCUT2D eigenvalue weighted by molar-refractivity contribution is -0.120. The Kier molecular flexibility index (Phi) is 5.65. The third-order valence-electron chi connectivity index (χ3n) is 6.41. The molecule has 2 aliphatic rings. The zero-order valence-electron chi connectivity index (χ0n) is 17.8. The summed E-state index contributed by atoms with van der Waals surface area (Å²) in [6, 6.07) is 5.92. The molecule has 31 heavy (non-hydrogen) atoms. The van der Waals surface area contributed by atoms with Gasteiger partial charge in [-0.05, 0) is 56.4 Å². The van der Waals surface area contributed by atoms with E-state index >= 15 is 0 Å². The normalized spacial score (nSPS) is 19.2. The summed E-state index contributed by atoms with van der Waals surface area (Å²) < 4.78 is 3.27.